The van der Waals surface area contributed by atoms with E-state index in [0.717, 1.165) is 18.6 Å². The Morgan fingerprint density at radius 1 is 1.34 bits per heavy atom. The summed E-state index contributed by atoms with van der Waals surface area (Å²) in [6, 6.07) is 4.70. The molecule has 0 unspecified atom stereocenters. The van der Waals surface area contributed by atoms with Crippen molar-refractivity contribution < 1.29 is 28.6 Å². The summed E-state index contributed by atoms with van der Waals surface area (Å²) in [6.45, 7) is 7.22. The van der Waals surface area contributed by atoms with Crippen LogP contribution in [0.2, 0.25) is 0 Å². The number of aliphatic imine (C=N–C) groups is 1. The Balaban J connectivity index is 2.42. The summed E-state index contributed by atoms with van der Waals surface area (Å²) in [7, 11) is 3.10. The van der Waals surface area contributed by atoms with Gasteiger partial charge in [0.25, 0.3) is 5.91 Å². The van der Waals surface area contributed by atoms with Gasteiger partial charge < -0.3 is 20.1 Å². The lowest BCUT2D eigenvalue weighted by molar-refractivity contribution is -0.146. The number of aryl methyl sites for hydroxylation is 1. The van der Waals surface area contributed by atoms with Gasteiger partial charge in [-0.25, -0.2) is 4.39 Å². The van der Waals surface area contributed by atoms with E-state index in [1.165, 1.54) is 29.3 Å². The number of nitrogens with zero attached hydrogens (tertiary/aromatic N) is 4. The molecule has 10 nitrogen and oxygen atoms in total. The third-order valence-corrected chi connectivity index (χ3v) is 5.50. The monoisotopic (exact) mass is 527 g/mol. The van der Waals surface area contributed by atoms with Gasteiger partial charge in [0.05, 0.1) is 13.3 Å². The second-order valence-electron chi connectivity index (χ2n) is 8.46. The van der Waals surface area contributed by atoms with E-state index in [1.54, 1.807) is 49.5 Å². The Bertz CT molecular complexity index is 1170. The first-order valence-electron chi connectivity index (χ1n) is 11.8. The molecule has 0 atom stereocenters. The number of ether oxygens (including phenoxy) is 1. The molecule has 1 aliphatic heterocycles. The predicted molar refractivity (Wildman–Crippen MR) is 142 cm³/mol. The van der Waals surface area contributed by atoms with Crippen molar-refractivity contribution in [2.24, 2.45) is 4.99 Å². The maximum Gasteiger partial charge on any atom is 0.277 e. The Morgan fingerprint density at radius 3 is 2.68 bits per heavy atom. The van der Waals surface area contributed by atoms with Gasteiger partial charge in [-0.15, -0.1) is 0 Å². The largest absolute Gasteiger partial charge is 0.503 e. The van der Waals surface area contributed by atoms with Gasteiger partial charge in [0.2, 0.25) is 5.91 Å². The van der Waals surface area contributed by atoms with Crippen LogP contribution in [0.4, 0.5) is 4.39 Å². The molecule has 0 radical (unpaired) electrons. The zero-order valence-electron chi connectivity index (χ0n) is 22.1. The van der Waals surface area contributed by atoms with Gasteiger partial charge in [0.1, 0.15) is 5.82 Å². The van der Waals surface area contributed by atoms with E-state index < -0.39 is 29.2 Å². The lowest BCUT2D eigenvalue weighted by atomic mass is 10.1. The number of Topliss-reactive ketones (excluding diaryl/α,β-unsaturated/α-hetero) is 1. The van der Waals surface area contributed by atoms with Crippen molar-refractivity contribution in [3.05, 3.63) is 83.2 Å². The molecule has 2 N–H and O–H groups in total. The SMILES string of the molecule is C=C/C=C(\C=NC)CN1CN(CCOC)C(=O)/C(=C(\O)C(C)=O)N1/C=C/C(=O)NCc1ccc(C)cc1F. The van der Waals surface area contributed by atoms with Crippen molar-refractivity contribution in [3.8, 4) is 0 Å². The highest BCUT2D eigenvalue weighted by atomic mass is 19.1. The summed E-state index contributed by atoms with van der Waals surface area (Å²) < 4.78 is 19.2. The van der Waals surface area contributed by atoms with Crippen molar-refractivity contribution in [2.75, 3.05) is 40.5 Å². The predicted octanol–water partition coefficient (Wildman–Crippen LogP) is 2.40. The number of halogens is 1. The molecular weight excluding hydrogens is 493 g/mol. The smallest absolute Gasteiger partial charge is 0.277 e. The number of hydrogen-bond donors (Lipinski definition) is 2. The molecule has 0 spiro atoms. The van der Waals surface area contributed by atoms with Crippen molar-refractivity contribution in [3.63, 3.8) is 0 Å². The summed E-state index contributed by atoms with van der Waals surface area (Å²) in [4.78, 5) is 43.4. The Hall–Kier alpha value is -4.09. The molecule has 2 amide bonds. The summed E-state index contributed by atoms with van der Waals surface area (Å²) >= 11 is 0. The first-order chi connectivity index (χ1) is 18.1. The van der Waals surface area contributed by atoms with E-state index in [9.17, 15) is 23.9 Å². The standard InChI is InChI=1S/C27H34FN5O5/c1-6-7-21(15-29-4)17-32-18-31(12-13-38-5)27(37)25(26(36)20(3)34)33(32)11-10-24(35)30-16-22-9-8-19(2)14-23(22)28/h6-11,14-15,36H,1,12-13,16-18H2,2-5H3,(H,30,35)/b11-10+,21-7+,26-25+,29-15?. The molecule has 38 heavy (non-hydrogen) atoms. The van der Waals surface area contributed by atoms with Crippen LogP contribution < -0.4 is 5.32 Å². The molecule has 204 valence electrons. The van der Waals surface area contributed by atoms with Crippen LogP contribution in [0.1, 0.15) is 18.1 Å². The molecule has 1 saturated heterocycles. The number of hydrogen-bond acceptors (Lipinski definition) is 8. The summed E-state index contributed by atoms with van der Waals surface area (Å²) in [5.74, 6) is -3.10. The normalized spacial score (nSPS) is 16.4. The topological polar surface area (TPSA) is 115 Å². The lowest BCUT2D eigenvalue weighted by Gasteiger charge is -2.44. The van der Waals surface area contributed by atoms with Gasteiger partial charge in [-0.05, 0) is 24.1 Å². The number of amides is 2. The number of benzene rings is 1. The Morgan fingerprint density at radius 2 is 2.08 bits per heavy atom. The van der Waals surface area contributed by atoms with Crippen LogP contribution in [-0.4, -0.2) is 84.4 Å². The molecule has 2 rings (SSSR count). The van der Waals surface area contributed by atoms with Gasteiger partial charge in [-0.3, -0.25) is 24.4 Å². The third-order valence-electron chi connectivity index (χ3n) is 5.50. The van der Waals surface area contributed by atoms with Crippen LogP contribution in [0.15, 0.2) is 71.2 Å². The lowest BCUT2D eigenvalue weighted by Crippen LogP contribution is -2.57. The van der Waals surface area contributed by atoms with Crippen LogP contribution in [0.5, 0.6) is 0 Å². The second kappa shape index (κ2) is 14.6. The maximum absolute atomic E-state index is 14.1. The summed E-state index contributed by atoms with van der Waals surface area (Å²) in [5, 5.41) is 16.1. The highest BCUT2D eigenvalue weighted by molar-refractivity contribution is 6.03. The van der Waals surface area contributed by atoms with Crippen LogP contribution in [0.25, 0.3) is 0 Å². The van der Waals surface area contributed by atoms with E-state index in [4.69, 9.17) is 4.74 Å². The van der Waals surface area contributed by atoms with E-state index in [2.05, 4.69) is 16.9 Å². The highest BCUT2D eigenvalue weighted by Gasteiger charge is 2.37. The van der Waals surface area contributed by atoms with Crippen molar-refractivity contribution in [1.82, 2.24) is 20.2 Å². The minimum atomic E-state index is -0.757. The first kappa shape index (κ1) is 30.1. The van der Waals surface area contributed by atoms with Gasteiger partial charge in [0.15, 0.2) is 17.2 Å². The molecule has 1 aromatic rings. The maximum atomic E-state index is 14.1. The fourth-order valence-corrected chi connectivity index (χ4v) is 3.60. The Kier molecular flexibility index (Phi) is 11.6. The van der Waals surface area contributed by atoms with E-state index in [0.29, 0.717) is 11.1 Å². The molecule has 1 fully saturated rings. The fourth-order valence-electron chi connectivity index (χ4n) is 3.60. The number of methoxy groups -OCH3 is 1. The van der Waals surface area contributed by atoms with Crippen molar-refractivity contribution >= 4 is 23.8 Å². The average molecular weight is 528 g/mol. The molecule has 1 heterocycles. The molecule has 0 aromatic heterocycles. The molecule has 0 aliphatic carbocycles. The van der Waals surface area contributed by atoms with Crippen LogP contribution >= 0.6 is 0 Å². The van der Waals surface area contributed by atoms with Gasteiger partial charge >= 0.3 is 0 Å². The summed E-state index contributed by atoms with van der Waals surface area (Å²) in [6.07, 6.45) is 7.32. The van der Waals surface area contributed by atoms with E-state index in [1.807, 2.05) is 0 Å². The van der Waals surface area contributed by atoms with Crippen LogP contribution in [0.3, 0.4) is 0 Å². The second-order valence-corrected chi connectivity index (χ2v) is 8.46. The number of carbonyl (C=O) groups is 3. The van der Waals surface area contributed by atoms with E-state index in [-0.39, 0.29) is 38.6 Å². The molecule has 11 heteroatoms. The molecule has 1 aliphatic rings. The number of allylic oxidation sites excluding steroid dienone is 3. The third kappa shape index (κ3) is 8.22. The first-order valence-corrected chi connectivity index (χ1v) is 11.8. The zero-order chi connectivity index (χ0) is 28.2. The molecule has 0 saturated carbocycles. The number of carbonyl (C=O) groups excluding carboxylic acids is 3. The number of aliphatic hydroxyl groups excluding tert-OH is 1. The Labute approximate surface area is 222 Å². The quantitative estimate of drug-likeness (QED) is 0.186. The average Bonchev–Trinajstić information content (AvgIpc) is 2.87. The summed E-state index contributed by atoms with van der Waals surface area (Å²) in [5.41, 5.74) is 1.46. The van der Waals surface area contributed by atoms with Crippen LogP contribution in [-0.2, 0) is 25.7 Å². The number of hydrazine groups is 1. The van der Waals surface area contributed by atoms with Gasteiger partial charge in [0, 0.05) is 64.8 Å². The fraction of sp³-hybridized carbons (Fsp3) is 0.333. The molecular formula is C27H34FN5O5. The zero-order valence-corrected chi connectivity index (χ0v) is 22.1. The van der Waals surface area contributed by atoms with Gasteiger partial charge in [-0.1, -0.05) is 30.9 Å². The molecule has 1 aromatic carbocycles. The van der Waals surface area contributed by atoms with Crippen LogP contribution in [0, 0.1) is 12.7 Å². The van der Waals surface area contributed by atoms with Crippen molar-refractivity contribution in [1.29, 1.82) is 0 Å². The number of ketones is 1. The minimum Gasteiger partial charge on any atom is -0.503 e. The van der Waals surface area contributed by atoms with E-state index >= 15 is 0 Å². The number of aliphatic hydroxyl groups is 1. The van der Waals surface area contributed by atoms with Crippen molar-refractivity contribution in [2.45, 2.75) is 20.4 Å². The number of nitrogens with one attached hydrogen (secondary N) is 1. The van der Waals surface area contributed by atoms with Gasteiger partial charge in [-0.2, -0.15) is 5.01 Å². The molecule has 0 bridgehead atoms. The number of rotatable bonds is 12. The highest BCUT2D eigenvalue weighted by Crippen LogP contribution is 2.24. The minimum absolute atomic E-state index is 0.0523.